The fourth-order valence-corrected chi connectivity index (χ4v) is 4.01. The van der Waals surface area contributed by atoms with Crippen molar-refractivity contribution in [2.75, 3.05) is 37.6 Å². The Kier molecular flexibility index (Phi) is 6.12. The third-order valence-corrected chi connectivity index (χ3v) is 5.95. The van der Waals surface area contributed by atoms with Gasteiger partial charge in [0.05, 0.1) is 0 Å². The molecule has 1 aromatic rings. The Morgan fingerprint density at radius 3 is 2.62 bits per heavy atom. The molecule has 0 bridgehead atoms. The van der Waals surface area contributed by atoms with E-state index in [2.05, 4.69) is 46.1 Å². The molecule has 26 heavy (non-hydrogen) atoms. The van der Waals surface area contributed by atoms with Gasteiger partial charge in [-0.25, -0.2) is 0 Å². The van der Waals surface area contributed by atoms with E-state index >= 15 is 0 Å². The minimum absolute atomic E-state index is 0.0492. The topological polar surface area (TPSA) is 61.4 Å². The first-order valence-electron chi connectivity index (χ1n) is 10.1. The Labute approximate surface area is 157 Å². The van der Waals surface area contributed by atoms with Gasteiger partial charge in [0.2, 0.25) is 0 Å². The van der Waals surface area contributed by atoms with Gasteiger partial charge in [-0.2, -0.15) is 0 Å². The molecule has 3 heterocycles. The van der Waals surface area contributed by atoms with Gasteiger partial charge < -0.3 is 10.2 Å². The number of aromatic nitrogens is 2. The zero-order valence-corrected chi connectivity index (χ0v) is 16.5. The van der Waals surface area contributed by atoms with E-state index in [-0.39, 0.29) is 11.4 Å². The van der Waals surface area contributed by atoms with Gasteiger partial charge in [-0.3, -0.25) is 9.69 Å². The van der Waals surface area contributed by atoms with Gasteiger partial charge in [0, 0.05) is 31.7 Å². The zero-order chi connectivity index (χ0) is 18.6. The third kappa shape index (κ3) is 4.53. The molecule has 2 aliphatic rings. The van der Waals surface area contributed by atoms with E-state index in [4.69, 9.17) is 0 Å². The number of anilines is 1. The van der Waals surface area contributed by atoms with E-state index in [0.717, 1.165) is 37.9 Å². The summed E-state index contributed by atoms with van der Waals surface area (Å²) >= 11 is 0. The lowest BCUT2D eigenvalue weighted by molar-refractivity contribution is 0.0610. The van der Waals surface area contributed by atoms with Crippen molar-refractivity contribution >= 4 is 11.7 Å². The normalized spacial score (nSPS) is 21.8. The molecule has 1 atom stereocenters. The highest BCUT2D eigenvalue weighted by Gasteiger charge is 2.31. The Balaban J connectivity index is 1.54. The van der Waals surface area contributed by atoms with Crippen molar-refractivity contribution in [1.82, 2.24) is 20.4 Å². The summed E-state index contributed by atoms with van der Waals surface area (Å²) in [6.07, 6.45) is 6.22. The van der Waals surface area contributed by atoms with Gasteiger partial charge in [-0.05, 0) is 64.1 Å². The molecule has 1 aromatic heterocycles. The Morgan fingerprint density at radius 2 is 1.96 bits per heavy atom. The zero-order valence-electron chi connectivity index (χ0n) is 16.5. The molecule has 2 saturated heterocycles. The van der Waals surface area contributed by atoms with Gasteiger partial charge in [0.1, 0.15) is 0 Å². The van der Waals surface area contributed by atoms with E-state index in [1.807, 2.05) is 6.07 Å². The van der Waals surface area contributed by atoms with Gasteiger partial charge in [-0.1, -0.05) is 13.3 Å². The van der Waals surface area contributed by atoms with Crippen LogP contribution < -0.4 is 10.2 Å². The second-order valence-electron chi connectivity index (χ2n) is 8.33. The quantitative estimate of drug-likeness (QED) is 0.846. The van der Waals surface area contributed by atoms with Crippen LogP contribution in [0.2, 0.25) is 0 Å². The predicted molar refractivity (Wildman–Crippen MR) is 104 cm³/mol. The maximum atomic E-state index is 12.5. The number of nitrogens with one attached hydrogen (secondary N) is 1. The number of carbonyl (C=O) groups excluding carboxylic acids is 1. The van der Waals surface area contributed by atoms with Crippen molar-refractivity contribution in [2.24, 2.45) is 5.92 Å². The molecule has 3 rings (SSSR count). The number of amides is 1. The molecular weight excluding hydrogens is 326 g/mol. The minimum Gasteiger partial charge on any atom is -0.355 e. The number of hydrogen-bond acceptors (Lipinski definition) is 5. The molecule has 144 valence electrons. The fraction of sp³-hybridized carbons (Fsp3) is 0.750. The van der Waals surface area contributed by atoms with Crippen LogP contribution in [0.15, 0.2) is 12.1 Å². The fourth-order valence-electron chi connectivity index (χ4n) is 4.01. The third-order valence-electron chi connectivity index (χ3n) is 5.95. The maximum Gasteiger partial charge on any atom is 0.271 e. The average molecular weight is 360 g/mol. The van der Waals surface area contributed by atoms with Gasteiger partial charge in [-0.15, -0.1) is 10.2 Å². The van der Waals surface area contributed by atoms with Crippen molar-refractivity contribution in [3.63, 3.8) is 0 Å². The predicted octanol–water partition coefficient (Wildman–Crippen LogP) is 2.71. The van der Waals surface area contributed by atoms with E-state index in [1.54, 1.807) is 6.07 Å². The molecule has 0 aliphatic carbocycles. The summed E-state index contributed by atoms with van der Waals surface area (Å²) in [5, 5.41) is 11.4. The van der Waals surface area contributed by atoms with Crippen molar-refractivity contribution in [3.8, 4) is 0 Å². The first-order chi connectivity index (χ1) is 12.5. The van der Waals surface area contributed by atoms with Crippen molar-refractivity contribution < 1.29 is 4.79 Å². The molecule has 0 radical (unpaired) electrons. The van der Waals surface area contributed by atoms with Crippen molar-refractivity contribution in [2.45, 2.75) is 58.4 Å². The van der Waals surface area contributed by atoms with Gasteiger partial charge in [0.25, 0.3) is 5.91 Å². The second kappa shape index (κ2) is 8.33. The highest BCUT2D eigenvalue weighted by molar-refractivity contribution is 5.92. The molecule has 6 heteroatoms. The Bertz CT molecular complexity index is 595. The van der Waals surface area contributed by atoms with Crippen LogP contribution >= 0.6 is 0 Å². The summed E-state index contributed by atoms with van der Waals surface area (Å²) in [5.74, 6) is 1.52. The minimum atomic E-state index is -0.136. The van der Waals surface area contributed by atoms with Crippen LogP contribution in [-0.4, -0.2) is 59.3 Å². The largest absolute Gasteiger partial charge is 0.355 e. The molecular formula is C20H33N5O. The van der Waals surface area contributed by atoms with E-state index in [0.29, 0.717) is 12.2 Å². The molecule has 0 saturated carbocycles. The standard InChI is InChI=1S/C20H33N5O/c1-4-16-8-7-13-25(14-16)20(2,3)15-21-19(26)17-9-10-18(23-22-17)24-11-5-6-12-24/h9-10,16H,4-8,11-15H2,1-3H3,(H,21,26). The SMILES string of the molecule is CCC1CCCN(C(C)(C)CNC(=O)c2ccc(N3CCCC3)nn2)C1. The lowest BCUT2D eigenvalue weighted by Crippen LogP contribution is -2.54. The summed E-state index contributed by atoms with van der Waals surface area (Å²) in [6, 6.07) is 3.70. The van der Waals surface area contributed by atoms with Crippen molar-refractivity contribution in [3.05, 3.63) is 17.8 Å². The monoisotopic (exact) mass is 359 g/mol. The molecule has 2 aliphatic heterocycles. The van der Waals surface area contributed by atoms with Crippen LogP contribution in [0.3, 0.4) is 0 Å². The average Bonchev–Trinajstić information content (AvgIpc) is 3.21. The summed E-state index contributed by atoms with van der Waals surface area (Å²) in [7, 11) is 0. The molecule has 2 fully saturated rings. The van der Waals surface area contributed by atoms with Gasteiger partial charge >= 0.3 is 0 Å². The van der Waals surface area contributed by atoms with Gasteiger partial charge in [0.15, 0.2) is 11.5 Å². The Morgan fingerprint density at radius 1 is 1.19 bits per heavy atom. The number of rotatable bonds is 6. The first-order valence-corrected chi connectivity index (χ1v) is 10.1. The summed E-state index contributed by atoms with van der Waals surface area (Å²) < 4.78 is 0. The van der Waals surface area contributed by atoms with E-state index < -0.39 is 0 Å². The second-order valence-corrected chi connectivity index (χ2v) is 8.33. The number of piperidine rings is 1. The maximum absolute atomic E-state index is 12.5. The highest BCUT2D eigenvalue weighted by Crippen LogP contribution is 2.25. The van der Waals surface area contributed by atoms with Crippen LogP contribution in [0.25, 0.3) is 0 Å². The molecule has 1 amide bonds. The molecule has 1 N–H and O–H groups in total. The number of carbonyl (C=O) groups is 1. The van der Waals surface area contributed by atoms with Crippen molar-refractivity contribution in [1.29, 1.82) is 0 Å². The van der Waals surface area contributed by atoms with E-state index in [9.17, 15) is 4.79 Å². The highest BCUT2D eigenvalue weighted by atomic mass is 16.1. The van der Waals surface area contributed by atoms with E-state index in [1.165, 1.54) is 32.1 Å². The first kappa shape index (κ1) is 19.1. The lowest BCUT2D eigenvalue weighted by Gasteiger charge is -2.43. The number of likely N-dealkylation sites (tertiary alicyclic amines) is 1. The van der Waals surface area contributed by atoms with Crippen LogP contribution in [-0.2, 0) is 0 Å². The summed E-state index contributed by atoms with van der Waals surface area (Å²) in [4.78, 5) is 17.2. The smallest absolute Gasteiger partial charge is 0.271 e. The number of hydrogen-bond donors (Lipinski definition) is 1. The summed E-state index contributed by atoms with van der Waals surface area (Å²) in [5.41, 5.74) is 0.348. The molecule has 1 unspecified atom stereocenters. The molecule has 0 spiro atoms. The summed E-state index contributed by atoms with van der Waals surface area (Å²) in [6.45, 7) is 11.6. The van der Waals surface area contributed by atoms with Crippen LogP contribution in [0.5, 0.6) is 0 Å². The van der Waals surface area contributed by atoms with Crippen LogP contribution in [0.1, 0.15) is 63.4 Å². The Hall–Kier alpha value is -1.69. The molecule has 6 nitrogen and oxygen atoms in total. The lowest BCUT2D eigenvalue weighted by atomic mass is 9.91. The van der Waals surface area contributed by atoms with Crippen LogP contribution in [0.4, 0.5) is 5.82 Å². The van der Waals surface area contributed by atoms with Crippen LogP contribution in [0, 0.1) is 5.92 Å². The molecule has 0 aromatic carbocycles. The number of nitrogens with zero attached hydrogens (tertiary/aromatic N) is 4.